The molecule has 7 nitrogen and oxygen atoms in total. The van der Waals surface area contributed by atoms with E-state index in [-0.39, 0.29) is 11.9 Å². The molecule has 0 radical (unpaired) electrons. The number of nitrogens with zero attached hydrogens (tertiary/aromatic N) is 2. The first-order valence-corrected chi connectivity index (χ1v) is 10.7. The molecule has 5 rings (SSSR count). The molecule has 160 valence electrons. The number of fused-ring (bicyclic) bond motifs is 5. The maximum absolute atomic E-state index is 13.2. The molecule has 0 amide bonds. The second-order valence-corrected chi connectivity index (χ2v) is 8.31. The Balaban J connectivity index is 1.72. The minimum atomic E-state index is -0.504. The number of hydrogen-bond donors (Lipinski definition) is 3. The van der Waals surface area contributed by atoms with Crippen molar-refractivity contribution in [3.63, 3.8) is 0 Å². The van der Waals surface area contributed by atoms with Gasteiger partial charge >= 0.3 is 5.97 Å². The summed E-state index contributed by atoms with van der Waals surface area (Å²) in [6.45, 7) is 4.56. The Morgan fingerprint density at radius 3 is 2.71 bits per heavy atom. The van der Waals surface area contributed by atoms with Crippen molar-refractivity contribution in [1.82, 2.24) is 19.7 Å². The summed E-state index contributed by atoms with van der Waals surface area (Å²) in [5.74, 6) is 0.306. The lowest BCUT2D eigenvalue weighted by molar-refractivity contribution is -0.148. The van der Waals surface area contributed by atoms with Crippen molar-refractivity contribution in [3.05, 3.63) is 65.9 Å². The molecule has 2 aliphatic rings. The molecule has 2 atom stereocenters. The van der Waals surface area contributed by atoms with Gasteiger partial charge in [-0.25, -0.2) is 10.2 Å². The Morgan fingerprint density at radius 2 is 1.84 bits per heavy atom. The van der Waals surface area contributed by atoms with Crippen LogP contribution in [0.5, 0.6) is 5.75 Å². The number of esters is 1. The lowest BCUT2D eigenvalue weighted by Gasteiger charge is -2.30. The second kappa shape index (κ2) is 8.05. The first-order valence-electron chi connectivity index (χ1n) is 10.3. The smallest absolute Gasteiger partial charge is 0.375 e. The molecule has 0 spiro atoms. The van der Waals surface area contributed by atoms with E-state index in [4.69, 9.17) is 9.47 Å². The zero-order valence-corrected chi connectivity index (χ0v) is 18.2. The normalized spacial score (nSPS) is 22.5. The minimum Gasteiger partial charge on any atom is -0.449 e. The standard InChI is InChI=1S/C23H24N4O3S/c1-14-24-15(2)29-23(28)22-17(13-27(31)25-14)12-26-19-9-5-3-7-16(19)11-20(26)18-8-4-6-10-21(18)30-22/h3-11,14-15,24-25,31H,12-13H2,1-2H3. The Bertz CT molecular complexity index is 1190. The Labute approximate surface area is 186 Å². The van der Waals surface area contributed by atoms with Crippen LogP contribution in [0, 0.1) is 0 Å². The SMILES string of the molecule is CC1NC(C)OC(=O)C2=C(CN(S)N1)Cn1c(cc3ccccc31)-c1ccccc1O2. The van der Waals surface area contributed by atoms with Gasteiger partial charge in [0.1, 0.15) is 5.75 Å². The zero-order chi connectivity index (χ0) is 21.5. The number of nitrogens with one attached hydrogen (secondary N) is 2. The van der Waals surface area contributed by atoms with Crippen LogP contribution < -0.4 is 15.5 Å². The minimum absolute atomic E-state index is 0.138. The van der Waals surface area contributed by atoms with E-state index in [0.717, 1.165) is 27.7 Å². The monoisotopic (exact) mass is 436 g/mol. The predicted molar refractivity (Wildman–Crippen MR) is 122 cm³/mol. The third kappa shape index (κ3) is 3.83. The number of para-hydroxylation sites is 2. The van der Waals surface area contributed by atoms with Crippen molar-refractivity contribution >= 4 is 29.7 Å². The van der Waals surface area contributed by atoms with Gasteiger partial charge in [0.15, 0.2) is 6.23 Å². The van der Waals surface area contributed by atoms with Gasteiger partial charge in [-0.1, -0.05) is 43.1 Å². The largest absolute Gasteiger partial charge is 0.449 e. The predicted octanol–water partition coefficient (Wildman–Crippen LogP) is 3.44. The second-order valence-electron chi connectivity index (χ2n) is 7.83. The highest BCUT2D eigenvalue weighted by Gasteiger charge is 2.29. The van der Waals surface area contributed by atoms with Crippen LogP contribution >= 0.6 is 12.8 Å². The quantitative estimate of drug-likeness (QED) is 0.371. The molecular formula is C23H24N4O3S. The molecule has 2 aromatic carbocycles. The summed E-state index contributed by atoms with van der Waals surface area (Å²) in [7, 11) is 0. The van der Waals surface area contributed by atoms with Crippen molar-refractivity contribution in [2.75, 3.05) is 6.54 Å². The first-order chi connectivity index (χ1) is 15.0. The summed E-state index contributed by atoms with van der Waals surface area (Å²) < 4.78 is 15.8. The number of hydrazine groups is 1. The average Bonchev–Trinajstić information content (AvgIpc) is 3.07. The highest BCUT2D eigenvalue weighted by molar-refractivity contribution is 7.77. The van der Waals surface area contributed by atoms with Crippen molar-refractivity contribution < 1.29 is 14.3 Å². The van der Waals surface area contributed by atoms with Crippen LogP contribution in [0.15, 0.2) is 65.9 Å². The number of ether oxygens (including phenoxy) is 2. The lowest BCUT2D eigenvalue weighted by atomic mass is 10.1. The fraction of sp³-hybridized carbons (Fsp3) is 0.261. The van der Waals surface area contributed by atoms with Gasteiger partial charge in [-0.2, -0.15) is 4.41 Å². The van der Waals surface area contributed by atoms with Crippen LogP contribution in [0.4, 0.5) is 0 Å². The van der Waals surface area contributed by atoms with E-state index in [1.54, 1.807) is 11.3 Å². The number of thiol groups is 1. The van der Waals surface area contributed by atoms with E-state index in [1.165, 1.54) is 0 Å². The van der Waals surface area contributed by atoms with Crippen LogP contribution in [0.25, 0.3) is 22.2 Å². The van der Waals surface area contributed by atoms with Gasteiger partial charge in [-0.3, -0.25) is 5.32 Å². The van der Waals surface area contributed by atoms with Gasteiger partial charge in [0, 0.05) is 28.6 Å². The summed E-state index contributed by atoms with van der Waals surface area (Å²) in [5, 5.41) is 4.29. The summed E-state index contributed by atoms with van der Waals surface area (Å²) in [4.78, 5) is 13.2. The molecule has 0 fully saturated rings. The highest BCUT2D eigenvalue weighted by atomic mass is 32.1. The number of carbonyl (C=O) groups excluding carboxylic acids is 1. The molecule has 3 aromatic rings. The Kier molecular flexibility index (Phi) is 5.23. The third-order valence-corrected chi connectivity index (χ3v) is 5.75. The molecule has 0 saturated heterocycles. The summed E-state index contributed by atoms with van der Waals surface area (Å²) in [6, 6.07) is 18.1. The summed E-state index contributed by atoms with van der Waals surface area (Å²) >= 11 is 4.57. The van der Waals surface area contributed by atoms with Crippen LogP contribution in [-0.2, 0) is 16.1 Å². The van der Waals surface area contributed by atoms with Crippen molar-refractivity contribution in [3.8, 4) is 17.0 Å². The molecule has 2 N–H and O–H groups in total. The van der Waals surface area contributed by atoms with Crippen molar-refractivity contribution in [1.29, 1.82) is 0 Å². The van der Waals surface area contributed by atoms with Gasteiger partial charge in [0.05, 0.1) is 18.4 Å². The van der Waals surface area contributed by atoms with Gasteiger partial charge in [-0.05, 0) is 38.1 Å². The van der Waals surface area contributed by atoms with Crippen molar-refractivity contribution in [2.45, 2.75) is 32.8 Å². The number of aromatic nitrogens is 1. The highest BCUT2D eigenvalue weighted by Crippen LogP contribution is 2.38. The van der Waals surface area contributed by atoms with Gasteiger partial charge in [0.25, 0.3) is 0 Å². The number of rotatable bonds is 0. The fourth-order valence-corrected chi connectivity index (χ4v) is 4.56. The maximum Gasteiger partial charge on any atom is 0.375 e. The molecular weight excluding hydrogens is 412 g/mol. The molecule has 31 heavy (non-hydrogen) atoms. The summed E-state index contributed by atoms with van der Waals surface area (Å²) in [5.41, 5.74) is 7.06. The van der Waals surface area contributed by atoms with Crippen LogP contribution in [-0.4, -0.2) is 33.9 Å². The van der Waals surface area contributed by atoms with Crippen molar-refractivity contribution in [2.24, 2.45) is 0 Å². The van der Waals surface area contributed by atoms with Gasteiger partial charge < -0.3 is 14.0 Å². The number of cyclic esters (lactones) is 1. The Morgan fingerprint density at radius 1 is 1.06 bits per heavy atom. The maximum atomic E-state index is 13.2. The van der Waals surface area contributed by atoms with E-state index < -0.39 is 12.2 Å². The average molecular weight is 437 g/mol. The lowest BCUT2D eigenvalue weighted by Crippen LogP contribution is -2.51. The molecule has 2 unspecified atom stereocenters. The van der Waals surface area contributed by atoms with Crippen LogP contribution in [0.1, 0.15) is 13.8 Å². The molecule has 3 heterocycles. The molecule has 1 aromatic heterocycles. The first kappa shape index (κ1) is 20.1. The molecule has 2 aliphatic heterocycles. The van der Waals surface area contributed by atoms with Crippen LogP contribution in [0.2, 0.25) is 0 Å². The Hall–Kier alpha value is -2.78. The van der Waals surface area contributed by atoms with E-state index in [2.05, 4.69) is 46.3 Å². The van der Waals surface area contributed by atoms with E-state index in [1.807, 2.05) is 43.3 Å². The number of carbonyl (C=O) groups is 1. The molecule has 8 heteroatoms. The number of hydrogen-bond acceptors (Lipinski definition) is 7. The molecule has 0 bridgehead atoms. The molecule has 0 aliphatic carbocycles. The zero-order valence-electron chi connectivity index (χ0n) is 17.3. The topological polar surface area (TPSA) is 67.8 Å². The van der Waals surface area contributed by atoms with E-state index >= 15 is 0 Å². The van der Waals surface area contributed by atoms with Gasteiger partial charge in [-0.15, -0.1) is 0 Å². The number of benzene rings is 2. The van der Waals surface area contributed by atoms with E-state index in [9.17, 15) is 4.79 Å². The molecule has 0 saturated carbocycles. The third-order valence-electron chi connectivity index (χ3n) is 5.49. The van der Waals surface area contributed by atoms with E-state index in [0.29, 0.717) is 18.8 Å². The van der Waals surface area contributed by atoms with Crippen LogP contribution in [0.3, 0.4) is 0 Å². The fourth-order valence-electron chi connectivity index (χ4n) is 4.21. The van der Waals surface area contributed by atoms with Gasteiger partial charge in [0.2, 0.25) is 5.76 Å². The summed E-state index contributed by atoms with van der Waals surface area (Å²) in [6.07, 6.45) is -0.642.